The molecule has 0 saturated carbocycles. The molecule has 1 aliphatic rings. The van der Waals surface area contributed by atoms with Gasteiger partial charge in [0.05, 0.1) is 11.7 Å². The van der Waals surface area contributed by atoms with Crippen molar-refractivity contribution in [3.05, 3.63) is 29.3 Å². The Morgan fingerprint density at radius 3 is 3.00 bits per heavy atom. The zero-order valence-electron chi connectivity index (χ0n) is 10.8. The van der Waals surface area contributed by atoms with E-state index in [1.807, 2.05) is 13.8 Å². The molecule has 1 aliphatic heterocycles. The number of phenols is 1. The van der Waals surface area contributed by atoms with Crippen LogP contribution in [0.15, 0.2) is 18.2 Å². The maximum Gasteiger partial charge on any atom is 0.255 e. The summed E-state index contributed by atoms with van der Waals surface area (Å²) < 4.78 is 5.44. The Morgan fingerprint density at radius 1 is 1.50 bits per heavy atom. The third-order valence-corrected chi connectivity index (χ3v) is 3.22. The van der Waals surface area contributed by atoms with Crippen molar-refractivity contribution in [3.63, 3.8) is 0 Å². The van der Waals surface area contributed by atoms with Gasteiger partial charge >= 0.3 is 0 Å². The smallest absolute Gasteiger partial charge is 0.255 e. The largest absolute Gasteiger partial charge is 0.507 e. The lowest BCUT2D eigenvalue weighted by Gasteiger charge is -2.28. The zero-order valence-corrected chi connectivity index (χ0v) is 10.8. The average molecular weight is 249 g/mol. The quantitative estimate of drug-likeness (QED) is 0.842. The molecule has 0 radical (unpaired) electrons. The average Bonchev–Trinajstić information content (AvgIpc) is 2.32. The first-order chi connectivity index (χ1) is 8.56. The van der Waals surface area contributed by atoms with Crippen molar-refractivity contribution in [2.75, 3.05) is 6.61 Å². The van der Waals surface area contributed by atoms with Gasteiger partial charge in [-0.2, -0.15) is 0 Å². The molecule has 2 atom stereocenters. The second kappa shape index (κ2) is 5.40. The van der Waals surface area contributed by atoms with Crippen LogP contribution in [0, 0.1) is 6.92 Å². The molecule has 1 aromatic carbocycles. The summed E-state index contributed by atoms with van der Waals surface area (Å²) in [6.45, 7) is 4.57. The van der Waals surface area contributed by atoms with Crippen molar-refractivity contribution in [3.8, 4) is 5.75 Å². The number of carbonyl (C=O) groups excluding carboxylic acids is 1. The van der Waals surface area contributed by atoms with Crippen LogP contribution in [0.25, 0.3) is 0 Å². The van der Waals surface area contributed by atoms with Crippen LogP contribution >= 0.6 is 0 Å². The van der Waals surface area contributed by atoms with Gasteiger partial charge in [-0.3, -0.25) is 4.79 Å². The first-order valence-corrected chi connectivity index (χ1v) is 6.28. The summed E-state index contributed by atoms with van der Waals surface area (Å²) in [5, 5.41) is 12.7. The van der Waals surface area contributed by atoms with Crippen LogP contribution in [0.2, 0.25) is 0 Å². The van der Waals surface area contributed by atoms with Gasteiger partial charge in [-0.1, -0.05) is 11.6 Å². The van der Waals surface area contributed by atoms with Crippen molar-refractivity contribution in [1.82, 2.24) is 5.32 Å². The maximum absolute atomic E-state index is 12.1. The number of hydrogen-bond donors (Lipinski definition) is 2. The lowest BCUT2D eigenvalue weighted by molar-refractivity contribution is 0.0136. The standard InChI is InChI=1S/C14H19NO3/c1-9-3-4-13(16)12(7-9)14(17)15-11-5-6-18-10(2)8-11/h3-4,7,10-11,16H,5-6,8H2,1-2H3,(H,15,17). The Morgan fingerprint density at radius 2 is 2.28 bits per heavy atom. The fraction of sp³-hybridized carbons (Fsp3) is 0.500. The number of nitrogens with one attached hydrogen (secondary N) is 1. The third-order valence-electron chi connectivity index (χ3n) is 3.22. The van der Waals surface area contributed by atoms with E-state index >= 15 is 0 Å². The van der Waals surface area contributed by atoms with E-state index < -0.39 is 0 Å². The summed E-state index contributed by atoms with van der Waals surface area (Å²) in [4.78, 5) is 12.1. The first kappa shape index (κ1) is 12.9. The number of benzene rings is 1. The van der Waals surface area contributed by atoms with Crippen molar-refractivity contribution in [2.24, 2.45) is 0 Å². The zero-order chi connectivity index (χ0) is 13.1. The third kappa shape index (κ3) is 3.01. The van der Waals surface area contributed by atoms with Crippen LogP contribution in [0.4, 0.5) is 0 Å². The molecule has 1 heterocycles. The molecule has 18 heavy (non-hydrogen) atoms. The summed E-state index contributed by atoms with van der Waals surface area (Å²) >= 11 is 0. The molecular weight excluding hydrogens is 230 g/mol. The number of hydrogen-bond acceptors (Lipinski definition) is 3. The van der Waals surface area contributed by atoms with Gasteiger partial charge < -0.3 is 15.2 Å². The summed E-state index contributed by atoms with van der Waals surface area (Å²) in [5.74, 6) is -0.187. The Hall–Kier alpha value is -1.55. The molecule has 0 aliphatic carbocycles. The molecule has 1 amide bonds. The number of aryl methyl sites for hydroxylation is 1. The molecule has 98 valence electrons. The van der Waals surface area contributed by atoms with Crippen LogP contribution in [0.5, 0.6) is 5.75 Å². The minimum Gasteiger partial charge on any atom is -0.507 e. The Bertz CT molecular complexity index is 445. The van der Waals surface area contributed by atoms with E-state index in [0.29, 0.717) is 12.2 Å². The van der Waals surface area contributed by atoms with Gasteiger partial charge in [0, 0.05) is 12.6 Å². The Balaban J connectivity index is 2.05. The summed E-state index contributed by atoms with van der Waals surface area (Å²) in [6, 6.07) is 5.16. The minimum absolute atomic E-state index is 0.0261. The van der Waals surface area contributed by atoms with Crippen molar-refractivity contribution >= 4 is 5.91 Å². The monoisotopic (exact) mass is 249 g/mol. The van der Waals surface area contributed by atoms with Crippen molar-refractivity contribution < 1.29 is 14.6 Å². The number of rotatable bonds is 2. The van der Waals surface area contributed by atoms with Gasteiger partial charge in [0.1, 0.15) is 5.75 Å². The van der Waals surface area contributed by atoms with E-state index in [-0.39, 0.29) is 23.8 Å². The number of aromatic hydroxyl groups is 1. The first-order valence-electron chi connectivity index (χ1n) is 6.28. The predicted octanol–water partition coefficient (Wildman–Crippen LogP) is 2.00. The van der Waals surface area contributed by atoms with E-state index in [2.05, 4.69) is 5.32 Å². The highest BCUT2D eigenvalue weighted by molar-refractivity contribution is 5.97. The lowest BCUT2D eigenvalue weighted by atomic mass is 10.0. The van der Waals surface area contributed by atoms with Crippen molar-refractivity contribution in [2.45, 2.75) is 38.8 Å². The molecule has 0 spiro atoms. The van der Waals surface area contributed by atoms with Gasteiger partial charge in [-0.15, -0.1) is 0 Å². The Kier molecular flexibility index (Phi) is 3.87. The molecule has 1 saturated heterocycles. The highest BCUT2D eigenvalue weighted by atomic mass is 16.5. The molecule has 2 N–H and O–H groups in total. The molecule has 1 fully saturated rings. The van der Waals surface area contributed by atoms with E-state index in [1.54, 1.807) is 18.2 Å². The molecule has 2 unspecified atom stereocenters. The van der Waals surface area contributed by atoms with Crippen LogP contribution in [0.3, 0.4) is 0 Å². The summed E-state index contributed by atoms with van der Waals surface area (Å²) in [6.07, 6.45) is 1.82. The van der Waals surface area contributed by atoms with Crippen LogP contribution < -0.4 is 5.32 Å². The molecule has 4 heteroatoms. The van der Waals surface area contributed by atoms with E-state index in [1.165, 1.54) is 0 Å². The minimum atomic E-state index is -0.213. The Labute approximate surface area is 107 Å². The number of ether oxygens (including phenoxy) is 1. The van der Waals surface area contributed by atoms with Crippen molar-refractivity contribution in [1.29, 1.82) is 0 Å². The maximum atomic E-state index is 12.1. The fourth-order valence-corrected chi connectivity index (χ4v) is 2.22. The number of carbonyl (C=O) groups is 1. The molecule has 0 bridgehead atoms. The SMILES string of the molecule is Cc1ccc(O)c(C(=O)NC2CCOC(C)C2)c1. The molecular formula is C14H19NO3. The number of phenolic OH excluding ortho intramolecular Hbond substituents is 1. The van der Waals surface area contributed by atoms with Crippen LogP contribution in [-0.2, 0) is 4.74 Å². The van der Waals surface area contributed by atoms with Gasteiger partial charge in [0.25, 0.3) is 5.91 Å². The summed E-state index contributed by atoms with van der Waals surface area (Å²) in [7, 11) is 0. The van der Waals surface area contributed by atoms with E-state index in [9.17, 15) is 9.90 Å². The van der Waals surface area contributed by atoms with E-state index in [0.717, 1.165) is 18.4 Å². The molecule has 1 aromatic rings. The normalized spacial score (nSPS) is 23.7. The van der Waals surface area contributed by atoms with E-state index in [4.69, 9.17) is 4.74 Å². The highest BCUT2D eigenvalue weighted by Gasteiger charge is 2.22. The van der Waals surface area contributed by atoms with Crippen LogP contribution in [0.1, 0.15) is 35.7 Å². The van der Waals surface area contributed by atoms with Gasteiger partial charge in [-0.25, -0.2) is 0 Å². The van der Waals surface area contributed by atoms with Gasteiger partial charge in [0.2, 0.25) is 0 Å². The molecule has 0 aromatic heterocycles. The second-order valence-corrected chi connectivity index (χ2v) is 4.90. The second-order valence-electron chi connectivity index (χ2n) is 4.90. The molecule has 2 rings (SSSR count). The predicted molar refractivity (Wildman–Crippen MR) is 68.7 cm³/mol. The fourth-order valence-electron chi connectivity index (χ4n) is 2.22. The molecule has 4 nitrogen and oxygen atoms in total. The lowest BCUT2D eigenvalue weighted by Crippen LogP contribution is -2.41. The van der Waals surface area contributed by atoms with Gasteiger partial charge in [-0.05, 0) is 38.8 Å². The summed E-state index contributed by atoms with van der Waals surface area (Å²) in [5.41, 5.74) is 1.30. The van der Waals surface area contributed by atoms with Crippen LogP contribution in [-0.4, -0.2) is 29.8 Å². The number of amides is 1. The van der Waals surface area contributed by atoms with Gasteiger partial charge in [0.15, 0.2) is 0 Å². The highest BCUT2D eigenvalue weighted by Crippen LogP contribution is 2.19. The topological polar surface area (TPSA) is 58.6 Å².